The molecular weight excluding hydrogens is 432 g/mol. The van der Waals surface area contributed by atoms with Gasteiger partial charge in [0.1, 0.15) is 17.6 Å². The zero-order chi connectivity index (χ0) is 23.2. The van der Waals surface area contributed by atoms with Gasteiger partial charge >= 0.3 is 0 Å². The van der Waals surface area contributed by atoms with Crippen molar-refractivity contribution in [3.8, 4) is 11.5 Å². The lowest BCUT2D eigenvalue weighted by Crippen LogP contribution is -2.37. The summed E-state index contributed by atoms with van der Waals surface area (Å²) in [5, 5.41) is 4.28. The summed E-state index contributed by atoms with van der Waals surface area (Å²) in [5.74, 6) is 2.66. The van der Waals surface area contributed by atoms with Crippen LogP contribution in [0.4, 0.5) is 5.69 Å². The van der Waals surface area contributed by atoms with Crippen LogP contribution >= 0.6 is 11.6 Å². The van der Waals surface area contributed by atoms with Crippen molar-refractivity contribution in [3.05, 3.63) is 88.9 Å². The Balaban J connectivity index is 1.52. The van der Waals surface area contributed by atoms with Gasteiger partial charge in [-0.15, -0.1) is 0 Å². The van der Waals surface area contributed by atoms with Crippen LogP contribution in [-0.4, -0.2) is 32.8 Å². The lowest BCUT2D eigenvalue weighted by atomic mass is 10.0. The Bertz CT molecular complexity index is 1040. The first kappa shape index (κ1) is 23.5. The summed E-state index contributed by atoms with van der Waals surface area (Å²) in [6, 6.07) is 24.8. The van der Waals surface area contributed by atoms with E-state index in [0.717, 1.165) is 48.4 Å². The second-order valence-corrected chi connectivity index (χ2v) is 9.45. The van der Waals surface area contributed by atoms with Gasteiger partial charge in [0, 0.05) is 42.8 Å². The van der Waals surface area contributed by atoms with Crippen LogP contribution in [-0.2, 0) is 6.54 Å². The maximum atomic E-state index is 6.49. The number of nitrogens with zero attached hydrogens (tertiary/aromatic N) is 1. The molecule has 0 unspecified atom stereocenters. The van der Waals surface area contributed by atoms with Crippen molar-refractivity contribution in [2.45, 2.75) is 32.4 Å². The highest BCUT2D eigenvalue weighted by Gasteiger charge is 2.31. The Kier molecular flexibility index (Phi) is 7.79. The van der Waals surface area contributed by atoms with Crippen LogP contribution in [0, 0.1) is 5.92 Å². The van der Waals surface area contributed by atoms with Crippen LogP contribution in [0.2, 0.25) is 5.02 Å². The molecule has 33 heavy (non-hydrogen) atoms. The van der Waals surface area contributed by atoms with Gasteiger partial charge in [-0.1, -0.05) is 49.7 Å². The first-order valence-corrected chi connectivity index (χ1v) is 12.0. The van der Waals surface area contributed by atoms with Gasteiger partial charge in [0.05, 0.1) is 7.11 Å². The molecule has 0 aromatic heterocycles. The zero-order valence-corrected chi connectivity index (χ0v) is 20.4. The van der Waals surface area contributed by atoms with E-state index in [0.29, 0.717) is 11.8 Å². The average Bonchev–Trinajstić information content (AvgIpc) is 3.26. The van der Waals surface area contributed by atoms with Crippen LogP contribution < -0.4 is 19.7 Å². The Labute approximate surface area is 202 Å². The maximum Gasteiger partial charge on any atom is 0.120 e. The van der Waals surface area contributed by atoms with Crippen LogP contribution in [0.3, 0.4) is 0 Å². The second-order valence-electron chi connectivity index (χ2n) is 9.01. The van der Waals surface area contributed by atoms with Gasteiger partial charge in [-0.05, 0) is 65.6 Å². The SMILES string of the molecule is COc1cccc(CN(C[C@H]2CNC[C@@H]2Oc2cccc(C(C)C)c2)c2ccc(Cl)cc2)c1. The third-order valence-electron chi connectivity index (χ3n) is 6.24. The predicted molar refractivity (Wildman–Crippen MR) is 137 cm³/mol. The Morgan fingerprint density at radius 3 is 2.48 bits per heavy atom. The molecule has 1 aliphatic heterocycles. The molecule has 4 nitrogen and oxygen atoms in total. The molecule has 1 heterocycles. The fraction of sp³-hybridized carbons (Fsp3) is 0.357. The molecule has 1 saturated heterocycles. The van der Waals surface area contributed by atoms with Gasteiger partial charge in [-0.2, -0.15) is 0 Å². The Morgan fingerprint density at radius 1 is 0.970 bits per heavy atom. The van der Waals surface area contributed by atoms with E-state index >= 15 is 0 Å². The van der Waals surface area contributed by atoms with E-state index in [9.17, 15) is 0 Å². The Morgan fingerprint density at radius 2 is 1.73 bits per heavy atom. The lowest BCUT2D eigenvalue weighted by molar-refractivity contribution is 0.175. The summed E-state index contributed by atoms with van der Waals surface area (Å²) in [4.78, 5) is 2.41. The molecule has 0 saturated carbocycles. The molecule has 1 N–H and O–H groups in total. The quantitative estimate of drug-likeness (QED) is 0.412. The van der Waals surface area contributed by atoms with Crippen molar-refractivity contribution in [3.63, 3.8) is 0 Å². The molecular formula is C28H33ClN2O2. The second kappa shape index (κ2) is 11.0. The molecule has 0 bridgehead atoms. The largest absolute Gasteiger partial charge is 0.497 e. The molecule has 1 aliphatic rings. The molecule has 2 atom stereocenters. The summed E-state index contributed by atoms with van der Waals surface area (Å²) >= 11 is 6.17. The summed E-state index contributed by atoms with van der Waals surface area (Å²) in [7, 11) is 1.70. The van der Waals surface area contributed by atoms with Crippen molar-refractivity contribution >= 4 is 17.3 Å². The fourth-order valence-corrected chi connectivity index (χ4v) is 4.46. The lowest BCUT2D eigenvalue weighted by Gasteiger charge is -2.30. The van der Waals surface area contributed by atoms with Crippen molar-refractivity contribution in [1.29, 1.82) is 0 Å². The predicted octanol–water partition coefficient (Wildman–Crippen LogP) is 6.15. The third kappa shape index (κ3) is 6.21. The minimum absolute atomic E-state index is 0.118. The smallest absolute Gasteiger partial charge is 0.120 e. The van der Waals surface area contributed by atoms with Gasteiger partial charge < -0.3 is 19.7 Å². The van der Waals surface area contributed by atoms with Gasteiger partial charge in [0.25, 0.3) is 0 Å². The summed E-state index contributed by atoms with van der Waals surface area (Å²) < 4.78 is 11.9. The number of methoxy groups -OCH3 is 1. The van der Waals surface area contributed by atoms with Crippen molar-refractivity contribution in [2.75, 3.05) is 31.6 Å². The number of benzene rings is 3. The number of anilines is 1. The minimum Gasteiger partial charge on any atom is -0.497 e. The molecule has 5 heteroatoms. The first-order chi connectivity index (χ1) is 16.0. The summed E-state index contributed by atoms with van der Waals surface area (Å²) in [6.07, 6.45) is 0.118. The number of halogens is 1. The monoisotopic (exact) mass is 464 g/mol. The Hall–Kier alpha value is -2.69. The minimum atomic E-state index is 0.118. The van der Waals surface area contributed by atoms with Gasteiger partial charge in [-0.25, -0.2) is 0 Å². The molecule has 0 spiro atoms. The van der Waals surface area contributed by atoms with E-state index in [1.54, 1.807) is 7.11 Å². The van der Waals surface area contributed by atoms with Crippen LogP contribution in [0.1, 0.15) is 30.9 Å². The number of hydrogen-bond acceptors (Lipinski definition) is 4. The summed E-state index contributed by atoms with van der Waals surface area (Å²) in [5.41, 5.74) is 3.66. The van der Waals surface area contributed by atoms with Gasteiger partial charge in [0.15, 0.2) is 0 Å². The number of rotatable bonds is 9. The van der Waals surface area contributed by atoms with E-state index in [4.69, 9.17) is 21.1 Å². The first-order valence-electron chi connectivity index (χ1n) is 11.6. The van der Waals surface area contributed by atoms with E-state index in [-0.39, 0.29) is 6.10 Å². The molecule has 0 radical (unpaired) electrons. The standard InChI is InChI=1S/C28H33ClN2O2/c1-20(2)22-7-5-9-27(15-22)33-28-17-30-16-23(28)19-31(25-12-10-24(29)11-13-25)18-21-6-4-8-26(14-21)32-3/h4-15,20,23,28,30H,16-19H2,1-3H3/t23-,28+/m1/s1. The topological polar surface area (TPSA) is 33.7 Å². The normalized spacial score (nSPS) is 17.8. The highest BCUT2D eigenvalue weighted by Crippen LogP contribution is 2.27. The van der Waals surface area contributed by atoms with E-state index in [1.807, 2.05) is 24.3 Å². The fourth-order valence-electron chi connectivity index (χ4n) is 4.34. The molecule has 3 aromatic rings. The molecule has 1 fully saturated rings. The van der Waals surface area contributed by atoms with E-state index in [2.05, 4.69) is 72.6 Å². The average molecular weight is 465 g/mol. The number of ether oxygens (including phenoxy) is 2. The number of nitrogens with one attached hydrogen (secondary N) is 1. The third-order valence-corrected chi connectivity index (χ3v) is 6.50. The van der Waals surface area contributed by atoms with Crippen molar-refractivity contribution in [1.82, 2.24) is 5.32 Å². The highest BCUT2D eigenvalue weighted by molar-refractivity contribution is 6.30. The van der Waals surface area contributed by atoms with Crippen LogP contribution in [0.15, 0.2) is 72.8 Å². The summed E-state index contributed by atoms with van der Waals surface area (Å²) in [6.45, 7) is 7.86. The molecule has 0 aliphatic carbocycles. The number of hydrogen-bond donors (Lipinski definition) is 1. The molecule has 4 rings (SSSR count). The zero-order valence-electron chi connectivity index (χ0n) is 19.6. The van der Waals surface area contributed by atoms with E-state index < -0.39 is 0 Å². The molecule has 174 valence electrons. The van der Waals surface area contributed by atoms with Crippen molar-refractivity contribution < 1.29 is 9.47 Å². The van der Waals surface area contributed by atoms with Crippen LogP contribution in [0.25, 0.3) is 0 Å². The van der Waals surface area contributed by atoms with Gasteiger partial charge in [-0.3, -0.25) is 0 Å². The van der Waals surface area contributed by atoms with Gasteiger partial charge in [0.2, 0.25) is 0 Å². The molecule has 0 amide bonds. The molecule has 3 aromatic carbocycles. The van der Waals surface area contributed by atoms with Crippen molar-refractivity contribution in [2.24, 2.45) is 5.92 Å². The van der Waals surface area contributed by atoms with E-state index in [1.165, 1.54) is 11.1 Å². The highest BCUT2D eigenvalue weighted by atomic mass is 35.5. The van der Waals surface area contributed by atoms with Crippen LogP contribution in [0.5, 0.6) is 11.5 Å². The maximum absolute atomic E-state index is 6.49.